The summed E-state index contributed by atoms with van der Waals surface area (Å²) in [5, 5.41) is 11.9. The van der Waals surface area contributed by atoms with E-state index in [1.165, 1.54) is 15.0 Å². The van der Waals surface area contributed by atoms with Gasteiger partial charge in [-0.2, -0.15) is 0 Å². The Kier molecular flexibility index (Phi) is 6.24. The maximum Gasteiger partial charge on any atom is 0.340 e. The van der Waals surface area contributed by atoms with Crippen LogP contribution in [0.3, 0.4) is 0 Å². The maximum atomic E-state index is 13.6. The van der Waals surface area contributed by atoms with Gasteiger partial charge in [0, 0.05) is 34.8 Å². The van der Waals surface area contributed by atoms with Crippen LogP contribution in [-0.4, -0.2) is 25.0 Å². The molecule has 0 saturated carbocycles. The van der Waals surface area contributed by atoms with Gasteiger partial charge in [-0.1, -0.05) is 42.8 Å². The quantitative estimate of drug-likeness (QED) is 0.285. The van der Waals surface area contributed by atoms with Crippen molar-refractivity contribution >= 4 is 33.9 Å². The number of carbonyl (C=O) groups is 1. The number of benzene rings is 2. The second-order valence-corrected chi connectivity index (χ2v) is 12.0. The lowest BCUT2D eigenvalue weighted by molar-refractivity contribution is -0.120. The average Bonchev–Trinajstić information content (AvgIpc) is 3.28. The van der Waals surface area contributed by atoms with E-state index in [9.17, 15) is 19.5 Å². The molecule has 3 aromatic heterocycles. The zero-order chi connectivity index (χ0) is 29.4. The van der Waals surface area contributed by atoms with Crippen LogP contribution in [0.15, 0.2) is 70.4 Å². The molecule has 8 nitrogen and oxygen atoms in total. The molecule has 3 atom stereocenters. The number of pyridine rings is 1. The normalized spacial score (nSPS) is 19.0. The highest BCUT2D eigenvalue weighted by atomic mass is 35.5. The van der Waals surface area contributed by atoms with Gasteiger partial charge in [0.1, 0.15) is 0 Å². The summed E-state index contributed by atoms with van der Waals surface area (Å²) in [4.78, 5) is 42.9. The Balaban J connectivity index is 1.59. The fourth-order valence-corrected chi connectivity index (χ4v) is 6.70. The topological polar surface area (TPSA) is 123 Å². The van der Waals surface area contributed by atoms with Crippen LogP contribution in [0.5, 0.6) is 0 Å². The number of H-pyrrole nitrogens is 1. The summed E-state index contributed by atoms with van der Waals surface area (Å²) >= 11 is 6.27. The number of amides is 1. The number of halogens is 1. The van der Waals surface area contributed by atoms with E-state index in [1.54, 1.807) is 38.2 Å². The molecule has 0 fully saturated rings. The number of nitrogens with one attached hydrogen (secondary N) is 1. The van der Waals surface area contributed by atoms with Crippen LogP contribution >= 0.6 is 11.6 Å². The Labute approximate surface area is 241 Å². The number of nitrogens with two attached hydrogens (primary N) is 1. The molecule has 0 radical (unpaired) electrons. The predicted molar refractivity (Wildman–Crippen MR) is 160 cm³/mol. The number of rotatable bonds is 4. The van der Waals surface area contributed by atoms with Gasteiger partial charge in [-0.15, -0.1) is 0 Å². The summed E-state index contributed by atoms with van der Waals surface area (Å²) in [6.45, 7) is 7.47. The number of nitrogens with zero attached hydrogens (tertiary/aromatic N) is 2. The number of carbonyl (C=O) groups excluding carboxylic acids is 1. The van der Waals surface area contributed by atoms with E-state index in [4.69, 9.17) is 17.3 Å². The van der Waals surface area contributed by atoms with Crippen molar-refractivity contribution in [2.75, 3.05) is 0 Å². The van der Waals surface area contributed by atoms with E-state index in [-0.39, 0.29) is 11.8 Å². The first-order valence-electron chi connectivity index (χ1n) is 13.6. The summed E-state index contributed by atoms with van der Waals surface area (Å²) in [5.41, 5.74) is 9.75. The summed E-state index contributed by atoms with van der Waals surface area (Å²) in [6, 6.07) is 16.1. The molecule has 210 valence electrons. The third-order valence-electron chi connectivity index (χ3n) is 8.54. The Hall–Kier alpha value is -4.14. The number of fused-ring (bicyclic) bond motifs is 4. The zero-order valence-corrected chi connectivity index (χ0v) is 24.0. The van der Waals surface area contributed by atoms with E-state index in [2.05, 4.69) is 11.9 Å². The Morgan fingerprint density at radius 1 is 1.12 bits per heavy atom. The van der Waals surface area contributed by atoms with E-state index < -0.39 is 28.7 Å². The van der Waals surface area contributed by atoms with Crippen molar-refractivity contribution < 1.29 is 9.90 Å². The lowest BCUT2D eigenvalue weighted by Gasteiger charge is -2.35. The lowest BCUT2D eigenvalue weighted by atomic mass is 9.69. The number of hydrogen-bond donors (Lipinski definition) is 3. The van der Waals surface area contributed by atoms with Crippen LogP contribution in [0.25, 0.3) is 22.1 Å². The first-order chi connectivity index (χ1) is 19.4. The second kappa shape index (κ2) is 9.46. The van der Waals surface area contributed by atoms with Crippen molar-refractivity contribution in [2.24, 2.45) is 11.7 Å². The van der Waals surface area contributed by atoms with Crippen molar-refractivity contribution in [3.8, 4) is 5.69 Å². The molecular formula is C32H31ClN4O4. The first-order valence-corrected chi connectivity index (χ1v) is 14.0. The summed E-state index contributed by atoms with van der Waals surface area (Å²) in [5.74, 6) is -1.01. The van der Waals surface area contributed by atoms with Crippen LogP contribution in [-0.2, 0) is 10.4 Å². The van der Waals surface area contributed by atoms with Crippen molar-refractivity contribution in [3.63, 3.8) is 0 Å². The van der Waals surface area contributed by atoms with Crippen LogP contribution < -0.4 is 17.0 Å². The monoisotopic (exact) mass is 570 g/mol. The van der Waals surface area contributed by atoms with Crippen molar-refractivity contribution in [3.05, 3.63) is 115 Å². The van der Waals surface area contributed by atoms with Crippen LogP contribution in [0.4, 0.5) is 0 Å². The van der Waals surface area contributed by atoms with Gasteiger partial charge in [0.05, 0.1) is 27.7 Å². The molecule has 9 heteroatoms. The SMILES string of the molecule is Cc1c(C2c3c([nH]c4cc(C(C)(C)O)ccc34)[C@@H](C(N)=O)CC2C)cccc1-n1c(=O)cc2c(Cl)cccn2c1=O. The molecule has 5 aromatic rings. The fourth-order valence-electron chi connectivity index (χ4n) is 6.49. The van der Waals surface area contributed by atoms with Gasteiger partial charge in [-0.25, -0.2) is 9.36 Å². The maximum absolute atomic E-state index is 13.6. The van der Waals surface area contributed by atoms with E-state index in [0.717, 1.165) is 38.9 Å². The highest BCUT2D eigenvalue weighted by molar-refractivity contribution is 6.33. The van der Waals surface area contributed by atoms with Gasteiger partial charge < -0.3 is 15.8 Å². The molecule has 0 spiro atoms. The van der Waals surface area contributed by atoms with Crippen molar-refractivity contribution in [1.29, 1.82) is 0 Å². The molecule has 1 aliphatic rings. The zero-order valence-electron chi connectivity index (χ0n) is 23.2. The molecule has 1 aliphatic carbocycles. The molecule has 0 aliphatic heterocycles. The number of aromatic amines is 1. The lowest BCUT2D eigenvalue weighted by Crippen LogP contribution is -2.36. The van der Waals surface area contributed by atoms with Crippen molar-refractivity contribution in [1.82, 2.24) is 14.0 Å². The predicted octanol–water partition coefficient (Wildman–Crippen LogP) is 4.86. The summed E-state index contributed by atoms with van der Waals surface area (Å²) < 4.78 is 2.54. The van der Waals surface area contributed by atoms with Gasteiger partial charge in [-0.3, -0.25) is 14.0 Å². The van der Waals surface area contributed by atoms with Gasteiger partial charge in [-0.05, 0) is 79.6 Å². The van der Waals surface area contributed by atoms with Crippen LogP contribution in [0, 0.1) is 12.8 Å². The smallest absolute Gasteiger partial charge is 0.340 e. The highest BCUT2D eigenvalue weighted by Gasteiger charge is 2.39. The van der Waals surface area contributed by atoms with Gasteiger partial charge >= 0.3 is 5.69 Å². The highest BCUT2D eigenvalue weighted by Crippen LogP contribution is 2.49. The van der Waals surface area contributed by atoms with Gasteiger partial charge in [0.15, 0.2) is 0 Å². The van der Waals surface area contributed by atoms with Crippen LogP contribution in [0.2, 0.25) is 5.02 Å². The number of aliphatic hydroxyl groups is 1. The number of primary amides is 1. The second-order valence-electron chi connectivity index (χ2n) is 11.6. The molecule has 6 rings (SSSR count). The Morgan fingerprint density at radius 3 is 2.59 bits per heavy atom. The minimum Gasteiger partial charge on any atom is -0.386 e. The first kappa shape index (κ1) is 27.1. The molecule has 2 unspecified atom stereocenters. The van der Waals surface area contributed by atoms with E-state index in [1.807, 2.05) is 37.3 Å². The molecule has 0 bridgehead atoms. The van der Waals surface area contributed by atoms with Gasteiger partial charge in [0.25, 0.3) is 5.56 Å². The van der Waals surface area contributed by atoms with Crippen LogP contribution in [0.1, 0.15) is 67.0 Å². The minimum atomic E-state index is -1.04. The van der Waals surface area contributed by atoms with E-state index >= 15 is 0 Å². The molecule has 4 N–H and O–H groups in total. The van der Waals surface area contributed by atoms with Gasteiger partial charge in [0.2, 0.25) is 5.91 Å². The summed E-state index contributed by atoms with van der Waals surface area (Å²) in [7, 11) is 0. The molecule has 0 saturated heterocycles. The average molecular weight is 571 g/mol. The molecule has 1 amide bonds. The third kappa shape index (κ3) is 4.21. The van der Waals surface area contributed by atoms with E-state index in [0.29, 0.717) is 22.6 Å². The number of aromatic nitrogens is 3. The summed E-state index contributed by atoms with van der Waals surface area (Å²) in [6.07, 6.45) is 2.13. The largest absolute Gasteiger partial charge is 0.386 e. The Morgan fingerprint density at radius 2 is 1.88 bits per heavy atom. The molecule has 2 aromatic carbocycles. The molecule has 41 heavy (non-hydrogen) atoms. The fraction of sp³-hybridized carbons (Fsp3) is 0.281. The molecular weight excluding hydrogens is 540 g/mol. The Bertz CT molecular complexity index is 2000. The minimum absolute atomic E-state index is 0.0233. The third-order valence-corrected chi connectivity index (χ3v) is 8.86. The van der Waals surface area contributed by atoms with Crippen molar-refractivity contribution in [2.45, 2.75) is 51.6 Å². The number of hydrogen-bond acceptors (Lipinski definition) is 4. The molecule has 3 heterocycles. The standard InChI is InChI=1S/C32H31ClN4O4/c1-16-13-21(30(34)39)29-28(20-11-10-18(32(3,4)41)14-23(20)35-29)27(16)19-7-5-9-24(17(19)2)37-26(38)15-25-22(33)8-6-12-36(25)31(37)40/h5-12,14-16,21,27,35,41H,13H2,1-4H3,(H2,34,39)/t16?,21-,27?/m0/s1.